The predicted molar refractivity (Wildman–Crippen MR) is 101 cm³/mol. The molecule has 1 atom stereocenters. The molecule has 3 amide bonds. The number of imide groups is 1. The number of halogens is 2. The van der Waals surface area contributed by atoms with E-state index in [1.807, 2.05) is 30.3 Å². The van der Waals surface area contributed by atoms with Crippen LogP contribution in [0.15, 0.2) is 48.5 Å². The summed E-state index contributed by atoms with van der Waals surface area (Å²) in [6.45, 7) is 2.34. The molecule has 26 heavy (non-hydrogen) atoms. The van der Waals surface area contributed by atoms with Crippen molar-refractivity contribution in [2.45, 2.75) is 18.9 Å². The van der Waals surface area contributed by atoms with Gasteiger partial charge in [0.15, 0.2) is 0 Å². The van der Waals surface area contributed by atoms with Crippen molar-refractivity contribution in [3.05, 3.63) is 64.1 Å². The van der Waals surface area contributed by atoms with E-state index in [0.29, 0.717) is 28.6 Å². The molecule has 0 bridgehead atoms. The number of hydrogen-bond donors (Lipinski definition) is 1. The summed E-state index contributed by atoms with van der Waals surface area (Å²) >= 11 is 12.0. The monoisotopic (exact) mass is 392 g/mol. The first kappa shape index (κ1) is 18.5. The van der Waals surface area contributed by atoms with Crippen molar-refractivity contribution in [3.63, 3.8) is 0 Å². The van der Waals surface area contributed by atoms with Gasteiger partial charge in [-0.3, -0.25) is 9.69 Å². The molecular weight excluding hydrogens is 375 g/mol. The first-order valence-electron chi connectivity index (χ1n) is 8.19. The number of nitrogens with zero attached hydrogens (tertiary/aromatic N) is 1. The first-order valence-corrected chi connectivity index (χ1v) is 8.95. The Morgan fingerprint density at radius 2 is 1.81 bits per heavy atom. The molecule has 0 aliphatic carbocycles. The van der Waals surface area contributed by atoms with Crippen LogP contribution in [0.2, 0.25) is 10.0 Å². The van der Waals surface area contributed by atoms with Crippen LogP contribution in [0.1, 0.15) is 18.9 Å². The van der Waals surface area contributed by atoms with Crippen molar-refractivity contribution in [3.8, 4) is 5.75 Å². The maximum absolute atomic E-state index is 12.8. The Hall–Kier alpha value is -2.24. The fourth-order valence-electron chi connectivity index (χ4n) is 2.83. The predicted octanol–water partition coefficient (Wildman–Crippen LogP) is 4.23. The maximum atomic E-state index is 12.8. The van der Waals surface area contributed by atoms with E-state index < -0.39 is 11.6 Å². The molecule has 1 saturated heterocycles. The van der Waals surface area contributed by atoms with Crippen LogP contribution in [0.5, 0.6) is 5.75 Å². The van der Waals surface area contributed by atoms with Gasteiger partial charge in [0.05, 0.1) is 16.7 Å². The maximum Gasteiger partial charge on any atom is 0.325 e. The number of carbonyl (C=O) groups is 2. The number of rotatable bonds is 6. The van der Waals surface area contributed by atoms with Gasteiger partial charge in [-0.25, -0.2) is 4.79 Å². The average molecular weight is 393 g/mol. The normalized spacial score (nSPS) is 19.6. The van der Waals surface area contributed by atoms with E-state index >= 15 is 0 Å². The quantitative estimate of drug-likeness (QED) is 0.590. The van der Waals surface area contributed by atoms with Gasteiger partial charge in [-0.1, -0.05) is 47.5 Å². The highest BCUT2D eigenvalue weighted by molar-refractivity contribution is 6.42. The van der Waals surface area contributed by atoms with E-state index in [-0.39, 0.29) is 12.5 Å². The molecule has 1 aliphatic heterocycles. The van der Waals surface area contributed by atoms with Gasteiger partial charge < -0.3 is 10.1 Å². The number of para-hydroxylation sites is 1. The lowest BCUT2D eigenvalue weighted by Gasteiger charge is -2.22. The molecule has 0 saturated carbocycles. The summed E-state index contributed by atoms with van der Waals surface area (Å²) in [6, 6.07) is 13.9. The number of urea groups is 1. The van der Waals surface area contributed by atoms with E-state index in [0.717, 1.165) is 5.75 Å². The summed E-state index contributed by atoms with van der Waals surface area (Å²) in [5.74, 6) is 0.436. The van der Waals surface area contributed by atoms with E-state index in [1.165, 1.54) is 4.90 Å². The topological polar surface area (TPSA) is 58.6 Å². The van der Waals surface area contributed by atoms with E-state index in [4.69, 9.17) is 27.9 Å². The molecule has 0 spiro atoms. The molecule has 1 fully saturated rings. The lowest BCUT2D eigenvalue weighted by Crippen LogP contribution is -2.41. The molecular formula is C19H18Cl2N2O3. The van der Waals surface area contributed by atoms with Crippen LogP contribution in [0.3, 0.4) is 0 Å². The minimum absolute atomic E-state index is 0.272. The van der Waals surface area contributed by atoms with Gasteiger partial charge in [-0.2, -0.15) is 0 Å². The molecule has 2 aromatic carbocycles. The highest BCUT2D eigenvalue weighted by Gasteiger charge is 2.48. The van der Waals surface area contributed by atoms with E-state index in [2.05, 4.69) is 5.32 Å². The fraction of sp³-hybridized carbons (Fsp3) is 0.263. The lowest BCUT2D eigenvalue weighted by molar-refractivity contribution is -0.131. The number of nitrogens with one attached hydrogen (secondary N) is 1. The molecule has 1 heterocycles. The third-order valence-electron chi connectivity index (χ3n) is 4.31. The average Bonchev–Trinajstić information content (AvgIpc) is 2.85. The minimum Gasteiger partial charge on any atom is -0.494 e. The largest absolute Gasteiger partial charge is 0.494 e. The molecule has 7 heteroatoms. The van der Waals surface area contributed by atoms with Crippen LogP contribution in [-0.2, 0) is 10.3 Å². The van der Waals surface area contributed by atoms with Crippen LogP contribution in [0, 0.1) is 0 Å². The van der Waals surface area contributed by atoms with E-state index in [1.54, 1.807) is 25.1 Å². The second-order valence-corrected chi connectivity index (χ2v) is 6.97. The Labute approximate surface area is 161 Å². The van der Waals surface area contributed by atoms with Crippen molar-refractivity contribution < 1.29 is 14.3 Å². The first-order chi connectivity index (χ1) is 12.4. The van der Waals surface area contributed by atoms with Gasteiger partial charge in [-0.15, -0.1) is 0 Å². The fourth-order valence-corrected chi connectivity index (χ4v) is 3.13. The second-order valence-electron chi connectivity index (χ2n) is 6.16. The van der Waals surface area contributed by atoms with Gasteiger partial charge in [0, 0.05) is 6.54 Å². The van der Waals surface area contributed by atoms with Crippen molar-refractivity contribution in [1.29, 1.82) is 0 Å². The Kier molecular flexibility index (Phi) is 5.39. The molecule has 1 N–H and O–H groups in total. The number of carbonyl (C=O) groups excluding carboxylic acids is 2. The van der Waals surface area contributed by atoms with E-state index in [9.17, 15) is 9.59 Å². The number of benzene rings is 2. The summed E-state index contributed by atoms with van der Waals surface area (Å²) in [5, 5.41) is 3.48. The molecule has 0 aromatic heterocycles. The Morgan fingerprint density at radius 3 is 2.50 bits per heavy atom. The van der Waals surface area contributed by atoms with Crippen molar-refractivity contribution in [2.75, 3.05) is 13.2 Å². The zero-order valence-corrected chi connectivity index (χ0v) is 15.7. The molecule has 5 nitrogen and oxygen atoms in total. The standard InChI is InChI=1S/C19H18Cl2N2O3/c1-19(13-8-9-15(20)16(21)12-13)17(24)23(18(25)22-19)10-5-11-26-14-6-3-2-4-7-14/h2-4,6-9,12H,5,10-11H2,1H3,(H,22,25)/t19-/m0/s1. The van der Waals surface area contributed by atoms with Crippen LogP contribution in [-0.4, -0.2) is 30.0 Å². The second kappa shape index (κ2) is 7.56. The molecule has 136 valence electrons. The van der Waals surface area contributed by atoms with Crippen LogP contribution in [0.25, 0.3) is 0 Å². The van der Waals surface area contributed by atoms with Crippen LogP contribution in [0.4, 0.5) is 4.79 Å². The summed E-state index contributed by atoms with van der Waals surface area (Å²) in [7, 11) is 0. The Morgan fingerprint density at radius 1 is 1.08 bits per heavy atom. The lowest BCUT2D eigenvalue weighted by atomic mass is 9.92. The van der Waals surface area contributed by atoms with Gasteiger partial charge in [0.25, 0.3) is 5.91 Å². The summed E-state index contributed by atoms with van der Waals surface area (Å²) < 4.78 is 5.60. The number of hydrogen-bond acceptors (Lipinski definition) is 3. The van der Waals surface area contributed by atoms with Gasteiger partial charge in [0.2, 0.25) is 0 Å². The third kappa shape index (κ3) is 3.64. The highest BCUT2D eigenvalue weighted by Crippen LogP contribution is 2.33. The van der Waals surface area contributed by atoms with Crippen molar-refractivity contribution in [1.82, 2.24) is 10.2 Å². The van der Waals surface area contributed by atoms with Gasteiger partial charge in [0.1, 0.15) is 11.3 Å². The smallest absolute Gasteiger partial charge is 0.325 e. The summed E-state index contributed by atoms with van der Waals surface area (Å²) in [5.41, 5.74) is -0.570. The molecule has 3 rings (SSSR count). The van der Waals surface area contributed by atoms with Gasteiger partial charge in [-0.05, 0) is 43.2 Å². The van der Waals surface area contributed by atoms with Gasteiger partial charge >= 0.3 is 6.03 Å². The molecule has 0 unspecified atom stereocenters. The van der Waals surface area contributed by atoms with Crippen LogP contribution < -0.4 is 10.1 Å². The SMILES string of the molecule is C[C@@]1(c2ccc(Cl)c(Cl)c2)NC(=O)N(CCCOc2ccccc2)C1=O. The Balaban J connectivity index is 1.63. The van der Waals surface area contributed by atoms with Crippen molar-refractivity contribution >= 4 is 35.1 Å². The number of amides is 3. The molecule has 1 aliphatic rings. The third-order valence-corrected chi connectivity index (χ3v) is 5.05. The number of ether oxygens (including phenoxy) is 1. The summed E-state index contributed by atoms with van der Waals surface area (Å²) in [4.78, 5) is 26.3. The van der Waals surface area contributed by atoms with Crippen molar-refractivity contribution in [2.24, 2.45) is 0 Å². The molecule has 0 radical (unpaired) electrons. The zero-order valence-electron chi connectivity index (χ0n) is 14.2. The molecule has 2 aromatic rings. The Bertz CT molecular complexity index is 829. The van der Waals surface area contributed by atoms with Crippen LogP contribution >= 0.6 is 23.2 Å². The summed E-state index contributed by atoms with van der Waals surface area (Å²) in [6.07, 6.45) is 0.533. The highest BCUT2D eigenvalue weighted by atomic mass is 35.5. The minimum atomic E-state index is -1.16. The zero-order chi connectivity index (χ0) is 18.7.